The Labute approximate surface area is 92.9 Å². The van der Waals surface area contributed by atoms with Gasteiger partial charge in [-0.05, 0) is 18.1 Å². The molecule has 0 aliphatic carbocycles. The molecule has 0 bridgehead atoms. The molecule has 1 aromatic carbocycles. The molecule has 0 heterocycles. The van der Waals surface area contributed by atoms with Gasteiger partial charge in [-0.2, -0.15) is 0 Å². The van der Waals surface area contributed by atoms with E-state index in [4.69, 9.17) is 28.9 Å². The van der Waals surface area contributed by atoms with E-state index in [2.05, 4.69) is 5.92 Å². The number of hydrogen-bond donors (Lipinski definition) is 2. The van der Waals surface area contributed by atoms with Crippen molar-refractivity contribution in [1.29, 1.82) is 0 Å². The molecule has 4 heteroatoms. The number of nitrogen functional groups attached to an aromatic ring is 1. The molecule has 0 spiro atoms. The quantitative estimate of drug-likeness (QED) is 0.597. The molecule has 0 fully saturated rings. The van der Waals surface area contributed by atoms with Gasteiger partial charge in [-0.3, -0.25) is 0 Å². The average Bonchev–Trinajstić information content (AvgIpc) is 2.18. The van der Waals surface area contributed by atoms with Crippen LogP contribution in [0.15, 0.2) is 6.07 Å². The zero-order valence-electron chi connectivity index (χ0n) is 8.17. The fourth-order valence-electron chi connectivity index (χ4n) is 1.32. The van der Waals surface area contributed by atoms with Gasteiger partial charge in [0.15, 0.2) is 0 Å². The summed E-state index contributed by atoms with van der Waals surface area (Å²) in [5.74, 6) is 1.21. The molecule has 0 saturated carbocycles. The normalized spacial score (nSPS) is 9.67. The number of carbonyl (C=O) groups is 1. The third-order valence-corrected chi connectivity index (χ3v) is 2.54. The molecule has 0 aromatic heterocycles. The predicted molar refractivity (Wildman–Crippen MR) is 60.1 cm³/mol. The van der Waals surface area contributed by atoms with Gasteiger partial charge >= 0.3 is 5.97 Å². The van der Waals surface area contributed by atoms with Crippen molar-refractivity contribution in [3.8, 4) is 12.3 Å². The second kappa shape index (κ2) is 4.24. The first-order chi connectivity index (χ1) is 7.02. The molecular weight excluding hydrogens is 214 g/mol. The molecule has 78 valence electrons. The van der Waals surface area contributed by atoms with Gasteiger partial charge in [-0.1, -0.05) is 24.4 Å². The van der Waals surface area contributed by atoms with E-state index >= 15 is 0 Å². The number of carboxylic acids is 1. The highest BCUT2D eigenvalue weighted by molar-refractivity contribution is 6.35. The monoisotopic (exact) mass is 223 g/mol. The molecule has 0 aliphatic heterocycles. The van der Waals surface area contributed by atoms with Gasteiger partial charge in [-0.15, -0.1) is 6.42 Å². The number of benzene rings is 1. The summed E-state index contributed by atoms with van der Waals surface area (Å²) < 4.78 is 0. The van der Waals surface area contributed by atoms with E-state index in [1.54, 1.807) is 0 Å². The van der Waals surface area contributed by atoms with Gasteiger partial charge in [0.2, 0.25) is 0 Å². The van der Waals surface area contributed by atoms with E-state index in [0.717, 1.165) is 0 Å². The van der Waals surface area contributed by atoms with E-state index < -0.39 is 5.97 Å². The van der Waals surface area contributed by atoms with E-state index in [-0.39, 0.29) is 16.1 Å². The van der Waals surface area contributed by atoms with Crippen LogP contribution in [0.3, 0.4) is 0 Å². The van der Waals surface area contributed by atoms with Gasteiger partial charge in [-0.25, -0.2) is 4.79 Å². The molecule has 0 unspecified atom stereocenters. The van der Waals surface area contributed by atoms with Gasteiger partial charge < -0.3 is 10.8 Å². The zero-order chi connectivity index (χ0) is 11.6. The number of rotatable bonds is 2. The summed E-state index contributed by atoms with van der Waals surface area (Å²) in [5.41, 5.74) is 7.09. The molecule has 3 nitrogen and oxygen atoms in total. The summed E-state index contributed by atoms with van der Waals surface area (Å²) in [6, 6.07) is 1.46. The minimum Gasteiger partial charge on any atom is -0.478 e. The highest BCUT2D eigenvalue weighted by Gasteiger charge is 2.16. The highest BCUT2D eigenvalue weighted by Crippen LogP contribution is 2.29. The number of halogens is 1. The zero-order valence-corrected chi connectivity index (χ0v) is 8.93. The third kappa shape index (κ3) is 1.90. The van der Waals surface area contributed by atoms with Gasteiger partial charge in [0.05, 0.1) is 21.8 Å². The summed E-state index contributed by atoms with van der Waals surface area (Å²) in [6.45, 7) is 1.87. The van der Waals surface area contributed by atoms with Crippen molar-refractivity contribution in [3.63, 3.8) is 0 Å². The number of hydrogen-bond acceptors (Lipinski definition) is 2. The van der Waals surface area contributed by atoms with Gasteiger partial charge in [0.25, 0.3) is 0 Å². The number of aryl methyl sites for hydroxylation is 1. The number of carboxylic acid groups (broad SMARTS) is 1. The van der Waals surface area contributed by atoms with Crippen LogP contribution in [0.4, 0.5) is 5.69 Å². The van der Waals surface area contributed by atoms with Crippen LogP contribution in [0.1, 0.15) is 28.4 Å². The van der Waals surface area contributed by atoms with Crippen LogP contribution in [0.5, 0.6) is 0 Å². The van der Waals surface area contributed by atoms with Crippen LogP contribution in [0.25, 0.3) is 0 Å². The van der Waals surface area contributed by atoms with Crippen molar-refractivity contribution in [1.82, 2.24) is 0 Å². The number of terminal acetylenes is 1. The lowest BCUT2D eigenvalue weighted by molar-refractivity contribution is 0.0697. The van der Waals surface area contributed by atoms with E-state index in [1.165, 1.54) is 6.07 Å². The molecule has 0 radical (unpaired) electrons. The fraction of sp³-hybridized carbons (Fsp3) is 0.182. The lowest BCUT2D eigenvalue weighted by atomic mass is 10.0. The second-order valence-electron chi connectivity index (χ2n) is 2.99. The smallest absolute Gasteiger partial charge is 0.337 e. The van der Waals surface area contributed by atoms with Crippen LogP contribution in [-0.4, -0.2) is 11.1 Å². The average molecular weight is 224 g/mol. The summed E-state index contributed by atoms with van der Waals surface area (Å²) in [4.78, 5) is 10.9. The molecule has 0 aliphatic rings. The first kappa shape index (κ1) is 11.4. The highest BCUT2D eigenvalue weighted by atomic mass is 35.5. The first-order valence-corrected chi connectivity index (χ1v) is 4.71. The fourth-order valence-corrected chi connectivity index (χ4v) is 1.61. The minimum absolute atomic E-state index is 0.00401. The molecule has 15 heavy (non-hydrogen) atoms. The largest absolute Gasteiger partial charge is 0.478 e. The van der Waals surface area contributed by atoms with Crippen LogP contribution in [-0.2, 0) is 6.42 Å². The number of aromatic carboxylic acids is 1. The van der Waals surface area contributed by atoms with E-state index in [0.29, 0.717) is 17.7 Å². The van der Waals surface area contributed by atoms with Crippen molar-refractivity contribution in [3.05, 3.63) is 27.8 Å². The van der Waals surface area contributed by atoms with E-state index in [9.17, 15) is 4.79 Å². The summed E-state index contributed by atoms with van der Waals surface area (Å²) in [7, 11) is 0. The number of anilines is 1. The predicted octanol–water partition coefficient (Wildman–Crippen LogP) is 2.16. The van der Waals surface area contributed by atoms with Crippen molar-refractivity contribution in [2.24, 2.45) is 0 Å². The summed E-state index contributed by atoms with van der Waals surface area (Å²) >= 11 is 5.83. The van der Waals surface area contributed by atoms with Crippen molar-refractivity contribution < 1.29 is 9.90 Å². The Morgan fingerprint density at radius 3 is 2.73 bits per heavy atom. The first-order valence-electron chi connectivity index (χ1n) is 4.33. The van der Waals surface area contributed by atoms with Crippen molar-refractivity contribution in [2.45, 2.75) is 13.3 Å². The van der Waals surface area contributed by atoms with Crippen LogP contribution >= 0.6 is 11.6 Å². The molecule has 1 aromatic rings. The Balaban J connectivity index is 3.60. The minimum atomic E-state index is -1.11. The Kier molecular flexibility index (Phi) is 3.23. The van der Waals surface area contributed by atoms with Gasteiger partial charge in [0.1, 0.15) is 0 Å². The lowest BCUT2D eigenvalue weighted by Gasteiger charge is -2.10. The molecule has 3 N–H and O–H groups in total. The number of nitrogens with two attached hydrogens (primary N) is 1. The standard InChI is InChI=1S/C11H10ClNO2/c1-3-6-5-8(11(14)15)9(12)7(4-2)10(6)13/h2,5H,3,13H2,1H3,(H,14,15). The molecule has 0 saturated heterocycles. The van der Waals surface area contributed by atoms with Crippen LogP contribution in [0, 0.1) is 12.3 Å². The van der Waals surface area contributed by atoms with Crippen molar-refractivity contribution in [2.75, 3.05) is 5.73 Å². The topological polar surface area (TPSA) is 63.3 Å². The van der Waals surface area contributed by atoms with Crippen LogP contribution in [0.2, 0.25) is 5.02 Å². The molecular formula is C11H10ClNO2. The maximum Gasteiger partial charge on any atom is 0.337 e. The Bertz CT molecular complexity index is 461. The Morgan fingerprint density at radius 2 is 2.33 bits per heavy atom. The maximum atomic E-state index is 10.9. The Hall–Kier alpha value is -1.66. The van der Waals surface area contributed by atoms with Crippen LogP contribution < -0.4 is 5.73 Å². The SMILES string of the molecule is C#Cc1c(N)c(CC)cc(C(=O)O)c1Cl. The van der Waals surface area contributed by atoms with E-state index in [1.807, 2.05) is 6.92 Å². The van der Waals surface area contributed by atoms with Gasteiger partial charge in [0, 0.05) is 0 Å². The molecule has 1 rings (SSSR count). The molecule has 0 atom stereocenters. The summed E-state index contributed by atoms with van der Waals surface area (Å²) in [5, 5.41) is 8.93. The Morgan fingerprint density at radius 1 is 1.73 bits per heavy atom. The maximum absolute atomic E-state index is 10.9. The molecule has 0 amide bonds. The second-order valence-corrected chi connectivity index (χ2v) is 3.37. The lowest BCUT2D eigenvalue weighted by Crippen LogP contribution is -2.05. The third-order valence-electron chi connectivity index (χ3n) is 2.15. The summed E-state index contributed by atoms with van der Waals surface area (Å²) in [6.07, 6.45) is 5.85. The van der Waals surface area contributed by atoms with Crippen molar-refractivity contribution >= 4 is 23.3 Å².